The van der Waals surface area contributed by atoms with Gasteiger partial charge < -0.3 is 4.74 Å². The van der Waals surface area contributed by atoms with Crippen LogP contribution in [-0.4, -0.2) is 30.8 Å². The second-order valence-corrected chi connectivity index (χ2v) is 4.62. The van der Waals surface area contributed by atoms with Crippen molar-refractivity contribution in [2.45, 2.75) is 26.9 Å². The molecule has 1 atom stereocenters. The lowest BCUT2D eigenvalue weighted by atomic mass is 10.1. The largest absolute Gasteiger partial charge is 0.462 e. The molecule has 78 valence electrons. The standard InChI is InChI=1S/C7H14O5S/c1-5(2)6(3)12-7(8)4-13(9,10)11/h5-6H,4H2,1-3H3,(H,9,10,11). The molecule has 0 radical (unpaired) electrons. The van der Waals surface area contributed by atoms with Crippen molar-refractivity contribution < 1.29 is 22.5 Å². The summed E-state index contributed by atoms with van der Waals surface area (Å²) in [5.41, 5.74) is 0. The minimum absolute atomic E-state index is 0.116. The SMILES string of the molecule is CC(C)C(C)OC(=O)CS(=O)(=O)O. The highest BCUT2D eigenvalue weighted by atomic mass is 32.2. The molecule has 0 aromatic heterocycles. The molecule has 6 heteroatoms. The number of hydrogen-bond donors (Lipinski definition) is 1. The van der Waals surface area contributed by atoms with Crippen molar-refractivity contribution in [1.82, 2.24) is 0 Å². The molecular formula is C7H14O5S. The fourth-order valence-corrected chi connectivity index (χ4v) is 0.892. The van der Waals surface area contributed by atoms with Crippen molar-refractivity contribution in [2.24, 2.45) is 5.92 Å². The number of hydrogen-bond acceptors (Lipinski definition) is 4. The summed E-state index contributed by atoms with van der Waals surface area (Å²) in [6.45, 7) is 5.34. The summed E-state index contributed by atoms with van der Waals surface area (Å²) < 4.78 is 33.5. The van der Waals surface area contributed by atoms with Crippen LogP contribution in [0.1, 0.15) is 20.8 Å². The molecular weight excluding hydrogens is 196 g/mol. The Bertz CT molecular complexity index is 267. The Kier molecular flexibility index (Phi) is 4.35. The van der Waals surface area contributed by atoms with Gasteiger partial charge in [-0.2, -0.15) is 8.42 Å². The van der Waals surface area contributed by atoms with Crippen LogP contribution in [0.15, 0.2) is 0 Å². The lowest BCUT2D eigenvalue weighted by Crippen LogP contribution is -2.25. The van der Waals surface area contributed by atoms with Gasteiger partial charge in [0.05, 0.1) is 0 Å². The third-order valence-corrected chi connectivity index (χ3v) is 2.16. The van der Waals surface area contributed by atoms with E-state index in [4.69, 9.17) is 9.29 Å². The third-order valence-electron chi connectivity index (χ3n) is 1.56. The maximum Gasteiger partial charge on any atom is 0.323 e. The first-order chi connectivity index (χ1) is 5.72. The number of rotatable bonds is 4. The maximum absolute atomic E-state index is 10.8. The number of esters is 1. The molecule has 5 nitrogen and oxygen atoms in total. The number of carbonyl (C=O) groups excluding carboxylic acids is 1. The van der Waals surface area contributed by atoms with E-state index in [1.54, 1.807) is 6.92 Å². The smallest absolute Gasteiger partial charge is 0.323 e. The molecule has 13 heavy (non-hydrogen) atoms. The summed E-state index contributed by atoms with van der Waals surface area (Å²) in [6.07, 6.45) is -0.353. The summed E-state index contributed by atoms with van der Waals surface area (Å²) >= 11 is 0. The van der Waals surface area contributed by atoms with Gasteiger partial charge in [0.25, 0.3) is 10.1 Å². The van der Waals surface area contributed by atoms with Crippen LogP contribution in [0.3, 0.4) is 0 Å². The first-order valence-electron chi connectivity index (χ1n) is 3.87. The normalized spacial score (nSPS) is 14.2. The van der Waals surface area contributed by atoms with Gasteiger partial charge in [0, 0.05) is 0 Å². The fraction of sp³-hybridized carbons (Fsp3) is 0.857. The summed E-state index contributed by atoms with van der Waals surface area (Å²) in [4.78, 5) is 10.8. The van der Waals surface area contributed by atoms with Gasteiger partial charge in [-0.3, -0.25) is 9.35 Å². The van der Waals surface area contributed by atoms with E-state index < -0.39 is 21.8 Å². The van der Waals surface area contributed by atoms with E-state index in [-0.39, 0.29) is 12.0 Å². The molecule has 1 N–H and O–H groups in total. The Labute approximate surface area is 77.8 Å². The predicted molar refractivity (Wildman–Crippen MR) is 46.8 cm³/mol. The van der Waals surface area contributed by atoms with Gasteiger partial charge in [-0.1, -0.05) is 13.8 Å². The molecule has 0 amide bonds. The summed E-state index contributed by atoms with van der Waals surface area (Å²) in [7, 11) is -4.27. The number of ether oxygens (including phenoxy) is 1. The van der Waals surface area contributed by atoms with Gasteiger partial charge >= 0.3 is 5.97 Å². The number of carbonyl (C=O) groups is 1. The molecule has 0 aliphatic carbocycles. The van der Waals surface area contributed by atoms with Gasteiger partial charge in [0.1, 0.15) is 6.10 Å². The van der Waals surface area contributed by atoms with Crippen LogP contribution in [0.5, 0.6) is 0 Å². The van der Waals surface area contributed by atoms with Crippen molar-refractivity contribution in [1.29, 1.82) is 0 Å². The summed E-state index contributed by atoms with van der Waals surface area (Å²) in [6, 6.07) is 0. The van der Waals surface area contributed by atoms with Crippen LogP contribution in [0, 0.1) is 5.92 Å². The minimum Gasteiger partial charge on any atom is -0.462 e. The van der Waals surface area contributed by atoms with E-state index in [9.17, 15) is 13.2 Å². The Morgan fingerprint density at radius 2 is 1.85 bits per heavy atom. The molecule has 0 heterocycles. The van der Waals surface area contributed by atoms with Crippen molar-refractivity contribution >= 4 is 16.1 Å². The monoisotopic (exact) mass is 210 g/mol. The molecule has 1 unspecified atom stereocenters. The quantitative estimate of drug-likeness (QED) is 0.538. The van der Waals surface area contributed by atoms with Crippen LogP contribution in [0.4, 0.5) is 0 Å². The van der Waals surface area contributed by atoms with E-state index >= 15 is 0 Å². The van der Waals surface area contributed by atoms with Crippen LogP contribution < -0.4 is 0 Å². The summed E-state index contributed by atoms with van der Waals surface area (Å²) in [5, 5.41) is 0. The first-order valence-corrected chi connectivity index (χ1v) is 5.48. The van der Waals surface area contributed by atoms with Gasteiger partial charge in [0.15, 0.2) is 5.75 Å². The molecule has 0 saturated carbocycles. The molecule has 0 rings (SSSR count). The minimum atomic E-state index is -4.27. The zero-order valence-corrected chi connectivity index (χ0v) is 8.67. The van der Waals surface area contributed by atoms with E-state index in [0.717, 1.165) is 0 Å². The van der Waals surface area contributed by atoms with Crippen LogP contribution in [0.2, 0.25) is 0 Å². The summed E-state index contributed by atoms with van der Waals surface area (Å²) in [5.74, 6) is -1.79. The maximum atomic E-state index is 10.8. The highest BCUT2D eigenvalue weighted by Gasteiger charge is 2.18. The van der Waals surface area contributed by atoms with E-state index in [0.29, 0.717) is 0 Å². The van der Waals surface area contributed by atoms with Crippen molar-refractivity contribution in [2.75, 3.05) is 5.75 Å². The predicted octanol–water partition coefficient (Wildman–Crippen LogP) is 0.462. The van der Waals surface area contributed by atoms with Gasteiger partial charge in [-0.25, -0.2) is 0 Å². The van der Waals surface area contributed by atoms with Gasteiger partial charge in [-0.15, -0.1) is 0 Å². The second kappa shape index (κ2) is 4.57. The van der Waals surface area contributed by atoms with Crippen molar-refractivity contribution in [3.05, 3.63) is 0 Å². The van der Waals surface area contributed by atoms with Crippen LogP contribution in [0.25, 0.3) is 0 Å². The van der Waals surface area contributed by atoms with Crippen LogP contribution >= 0.6 is 0 Å². The highest BCUT2D eigenvalue weighted by molar-refractivity contribution is 7.86. The Balaban J connectivity index is 4.03. The lowest BCUT2D eigenvalue weighted by Gasteiger charge is -2.15. The van der Waals surface area contributed by atoms with Crippen LogP contribution in [-0.2, 0) is 19.6 Å². The molecule has 0 aromatic rings. The molecule has 0 aromatic carbocycles. The Morgan fingerprint density at radius 3 is 2.15 bits per heavy atom. The van der Waals surface area contributed by atoms with Gasteiger partial charge in [-0.05, 0) is 12.8 Å². The molecule has 0 bridgehead atoms. The van der Waals surface area contributed by atoms with E-state index in [1.807, 2.05) is 13.8 Å². The zero-order chi connectivity index (χ0) is 10.6. The third kappa shape index (κ3) is 6.53. The average Bonchev–Trinajstić information content (AvgIpc) is 1.81. The highest BCUT2D eigenvalue weighted by Crippen LogP contribution is 2.05. The van der Waals surface area contributed by atoms with Crippen molar-refractivity contribution in [3.63, 3.8) is 0 Å². The van der Waals surface area contributed by atoms with Crippen molar-refractivity contribution in [3.8, 4) is 0 Å². The molecule has 0 saturated heterocycles. The zero-order valence-electron chi connectivity index (χ0n) is 7.85. The first kappa shape index (κ1) is 12.4. The lowest BCUT2D eigenvalue weighted by molar-refractivity contribution is -0.147. The second-order valence-electron chi connectivity index (χ2n) is 3.17. The Morgan fingerprint density at radius 1 is 1.38 bits per heavy atom. The fourth-order valence-electron chi connectivity index (χ4n) is 0.526. The topological polar surface area (TPSA) is 80.7 Å². The Hall–Kier alpha value is -0.620. The van der Waals surface area contributed by atoms with E-state index in [2.05, 4.69) is 0 Å². The molecule has 0 aliphatic heterocycles. The molecule has 0 aliphatic rings. The molecule has 0 spiro atoms. The molecule has 0 fully saturated rings. The average molecular weight is 210 g/mol. The van der Waals surface area contributed by atoms with E-state index in [1.165, 1.54) is 0 Å². The van der Waals surface area contributed by atoms with Gasteiger partial charge in [0.2, 0.25) is 0 Å².